The SMILES string of the molecule is CC1(C)O[C@@H]2OC(CNCCCCCCCCCCCCNCC3O[C@@H]4OC(C)(C)O[C@@H]4[C@H]3OCc3ccccc3)[C@@H](OCc3ccccc3)[C@@H]2O1. The smallest absolute Gasteiger partial charge is 0.190 e. The molecule has 0 aromatic heterocycles. The molecular formula is C42H64N2O8. The highest BCUT2D eigenvalue weighted by Crippen LogP contribution is 2.40. The number of ether oxygens (including phenoxy) is 8. The summed E-state index contributed by atoms with van der Waals surface area (Å²) in [6.45, 7) is 12.2. The molecular weight excluding hydrogens is 660 g/mol. The Labute approximate surface area is 311 Å². The Morgan fingerprint density at radius 2 is 0.865 bits per heavy atom. The van der Waals surface area contributed by atoms with E-state index in [-0.39, 0.29) is 49.2 Å². The van der Waals surface area contributed by atoms with Crippen LogP contribution >= 0.6 is 0 Å². The first-order valence-corrected chi connectivity index (χ1v) is 20.0. The second-order valence-corrected chi connectivity index (χ2v) is 15.8. The van der Waals surface area contributed by atoms with Crippen LogP contribution in [-0.2, 0) is 51.1 Å². The molecule has 4 heterocycles. The quantitative estimate of drug-likeness (QED) is 0.117. The van der Waals surface area contributed by atoms with Crippen LogP contribution in [0.1, 0.15) is 103 Å². The molecule has 6 rings (SSSR count). The minimum Gasteiger partial charge on any atom is -0.368 e. The molecule has 0 aliphatic carbocycles. The van der Waals surface area contributed by atoms with Crippen molar-refractivity contribution in [2.45, 2.75) is 166 Å². The van der Waals surface area contributed by atoms with E-state index in [2.05, 4.69) is 34.9 Å². The van der Waals surface area contributed by atoms with Gasteiger partial charge in [-0.2, -0.15) is 0 Å². The van der Waals surface area contributed by atoms with Crippen LogP contribution in [0.3, 0.4) is 0 Å². The second-order valence-electron chi connectivity index (χ2n) is 15.8. The van der Waals surface area contributed by atoms with E-state index in [0.717, 1.165) is 37.3 Å². The Morgan fingerprint density at radius 1 is 0.500 bits per heavy atom. The van der Waals surface area contributed by atoms with Gasteiger partial charge >= 0.3 is 0 Å². The average molecular weight is 725 g/mol. The normalized spacial score (nSPS) is 30.2. The molecule has 290 valence electrons. The summed E-state index contributed by atoms with van der Waals surface area (Å²) in [7, 11) is 0. The lowest BCUT2D eigenvalue weighted by Gasteiger charge is -2.26. The van der Waals surface area contributed by atoms with Crippen molar-refractivity contribution >= 4 is 0 Å². The van der Waals surface area contributed by atoms with Crippen molar-refractivity contribution in [2.75, 3.05) is 26.2 Å². The molecule has 4 aliphatic heterocycles. The van der Waals surface area contributed by atoms with Gasteiger partial charge in [0.05, 0.1) is 13.2 Å². The number of nitrogens with one attached hydrogen (secondary N) is 2. The highest BCUT2D eigenvalue weighted by molar-refractivity contribution is 5.14. The molecule has 0 amide bonds. The van der Waals surface area contributed by atoms with Crippen molar-refractivity contribution in [2.24, 2.45) is 0 Å². The van der Waals surface area contributed by atoms with E-state index in [1.54, 1.807) is 0 Å². The maximum absolute atomic E-state index is 6.35. The summed E-state index contributed by atoms with van der Waals surface area (Å²) < 4.78 is 49.5. The zero-order valence-electron chi connectivity index (χ0n) is 32.0. The second kappa shape index (κ2) is 19.6. The minimum absolute atomic E-state index is 0.0956. The number of fused-ring (bicyclic) bond motifs is 2. The molecule has 8 atom stereocenters. The zero-order chi connectivity index (χ0) is 36.2. The van der Waals surface area contributed by atoms with E-state index in [4.69, 9.17) is 37.9 Å². The Balaban J connectivity index is 0.754. The van der Waals surface area contributed by atoms with Crippen molar-refractivity contribution in [3.05, 3.63) is 71.8 Å². The van der Waals surface area contributed by atoms with E-state index in [0.29, 0.717) is 13.2 Å². The third kappa shape index (κ3) is 11.8. The monoisotopic (exact) mass is 724 g/mol. The lowest BCUT2D eigenvalue weighted by molar-refractivity contribution is -0.218. The predicted octanol–water partition coefficient (Wildman–Crippen LogP) is 6.99. The largest absolute Gasteiger partial charge is 0.368 e. The van der Waals surface area contributed by atoms with Crippen molar-refractivity contribution in [1.29, 1.82) is 0 Å². The van der Waals surface area contributed by atoms with Gasteiger partial charge in [-0.05, 0) is 64.8 Å². The molecule has 2 unspecified atom stereocenters. The summed E-state index contributed by atoms with van der Waals surface area (Å²) in [5.41, 5.74) is 2.29. The Hall–Kier alpha value is -1.96. The maximum Gasteiger partial charge on any atom is 0.190 e. The number of unbranched alkanes of at least 4 members (excludes halogenated alkanes) is 9. The third-order valence-corrected chi connectivity index (χ3v) is 10.4. The molecule has 0 saturated carbocycles. The van der Waals surface area contributed by atoms with Crippen molar-refractivity contribution < 1.29 is 37.9 Å². The van der Waals surface area contributed by atoms with Gasteiger partial charge in [0.15, 0.2) is 24.2 Å². The molecule has 2 aromatic carbocycles. The Morgan fingerprint density at radius 3 is 1.25 bits per heavy atom. The molecule has 0 spiro atoms. The first kappa shape index (κ1) is 39.7. The first-order chi connectivity index (χ1) is 25.3. The number of benzene rings is 2. The third-order valence-electron chi connectivity index (χ3n) is 10.4. The van der Waals surface area contributed by atoms with Crippen LogP contribution in [0.5, 0.6) is 0 Å². The maximum atomic E-state index is 6.35. The number of hydrogen-bond donors (Lipinski definition) is 2. The molecule has 52 heavy (non-hydrogen) atoms. The van der Waals surface area contributed by atoms with Gasteiger partial charge in [0.2, 0.25) is 0 Å². The molecule has 4 aliphatic rings. The summed E-state index contributed by atoms with van der Waals surface area (Å²) in [5.74, 6) is -1.31. The summed E-state index contributed by atoms with van der Waals surface area (Å²) in [6.07, 6.45) is 11.0. The van der Waals surface area contributed by atoms with E-state index in [1.165, 1.54) is 64.2 Å². The van der Waals surface area contributed by atoms with Gasteiger partial charge in [0.25, 0.3) is 0 Å². The topological polar surface area (TPSA) is 97.9 Å². The van der Waals surface area contributed by atoms with E-state index in [9.17, 15) is 0 Å². The minimum atomic E-state index is -0.653. The van der Waals surface area contributed by atoms with Gasteiger partial charge < -0.3 is 48.5 Å². The van der Waals surface area contributed by atoms with Crippen LogP contribution in [0.25, 0.3) is 0 Å². The number of rotatable bonds is 23. The highest BCUT2D eigenvalue weighted by atomic mass is 16.9. The van der Waals surface area contributed by atoms with Crippen LogP contribution in [0, 0.1) is 0 Å². The molecule has 4 fully saturated rings. The lowest BCUT2D eigenvalue weighted by atomic mass is 10.1. The van der Waals surface area contributed by atoms with Crippen molar-refractivity contribution in [3.8, 4) is 0 Å². The Kier molecular flexibility index (Phi) is 15.0. The lowest BCUT2D eigenvalue weighted by Crippen LogP contribution is -2.41. The van der Waals surface area contributed by atoms with Crippen molar-refractivity contribution in [1.82, 2.24) is 10.6 Å². The van der Waals surface area contributed by atoms with Gasteiger partial charge in [-0.1, -0.05) is 112 Å². The van der Waals surface area contributed by atoms with Gasteiger partial charge in [-0.3, -0.25) is 0 Å². The molecule has 10 nitrogen and oxygen atoms in total. The van der Waals surface area contributed by atoms with E-state index >= 15 is 0 Å². The summed E-state index contributed by atoms with van der Waals surface area (Å²) >= 11 is 0. The molecule has 0 bridgehead atoms. The van der Waals surface area contributed by atoms with E-state index < -0.39 is 11.6 Å². The predicted molar refractivity (Wildman–Crippen MR) is 199 cm³/mol. The van der Waals surface area contributed by atoms with Gasteiger partial charge in [-0.25, -0.2) is 0 Å². The summed E-state index contributed by atoms with van der Waals surface area (Å²) in [6, 6.07) is 20.5. The van der Waals surface area contributed by atoms with Crippen LogP contribution in [0.15, 0.2) is 60.7 Å². The fraction of sp³-hybridized carbons (Fsp3) is 0.714. The highest BCUT2D eigenvalue weighted by Gasteiger charge is 2.56. The molecule has 10 heteroatoms. The van der Waals surface area contributed by atoms with Crippen LogP contribution in [0.4, 0.5) is 0 Å². The van der Waals surface area contributed by atoms with Crippen molar-refractivity contribution in [3.63, 3.8) is 0 Å². The average Bonchev–Trinajstić information content (AvgIpc) is 3.80. The molecule has 4 saturated heterocycles. The molecule has 2 N–H and O–H groups in total. The first-order valence-electron chi connectivity index (χ1n) is 20.0. The molecule has 0 radical (unpaired) electrons. The fourth-order valence-electron chi connectivity index (χ4n) is 7.76. The summed E-state index contributed by atoms with van der Waals surface area (Å²) in [5, 5.41) is 7.20. The number of hydrogen-bond acceptors (Lipinski definition) is 10. The van der Waals surface area contributed by atoms with Crippen LogP contribution in [0.2, 0.25) is 0 Å². The van der Waals surface area contributed by atoms with Crippen LogP contribution in [-0.4, -0.2) is 87.0 Å². The molecule has 2 aromatic rings. The Bertz CT molecular complexity index is 1200. The van der Waals surface area contributed by atoms with Gasteiger partial charge in [0, 0.05) is 13.1 Å². The van der Waals surface area contributed by atoms with E-state index in [1.807, 2.05) is 64.1 Å². The summed E-state index contributed by atoms with van der Waals surface area (Å²) in [4.78, 5) is 0. The zero-order valence-corrected chi connectivity index (χ0v) is 32.0. The van der Waals surface area contributed by atoms with Gasteiger partial charge in [0.1, 0.15) is 36.6 Å². The van der Waals surface area contributed by atoms with Gasteiger partial charge in [-0.15, -0.1) is 0 Å². The fourth-order valence-corrected chi connectivity index (χ4v) is 7.76. The van der Waals surface area contributed by atoms with Crippen LogP contribution < -0.4 is 10.6 Å². The standard InChI is InChI=1S/C42H64N2O8/c1-41(2)49-37-35(45-29-31-21-15-13-16-22-31)33(47-39(37)51-41)27-43-25-19-11-9-7-5-6-8-10-12-20-26-44-28-34-36(46-30-32-23-17-14-18-24-32)38-40(48-34)52-42(3,4)50-38/h13-18,21-24,33-40,43-44H,5-12,19-20,25-30H2,1-4H3/t33?,34?,35-,36+,37+,38-,39+,40-.